The lowest BCUT2D eigenvalue weighted by Gasteiger charge is -2.30. The zero-order chi connectivity index (χ0) is 28.1. The minimum absolute atomic E-state index is 0.0140. The van der Waals surface area contributed by atoms with Crippen LogP contribution < -0.4 is 11.1 Å². The van der Waals surface area contributed by atoms with Crippen LogP contribution in [0, 0.1) is 5.92 Å². The predicted octanol–water partition coefficient (Wildman–Crippen LogP) is 4.10. The molecule has 2 amide bonds. The largest absolute Gasteiger partial charge is 0.418 e. The Hall–Kier alpha value is -3.84. The van der Waals surface area contributed by atoms with Gasteiger partial charge in [0.05, 0.1) is 23.8 Å². The Morgan fingerprint density at radius 3 is 2.51 bits per heavy atom. The van der Waals surface area contributed by atoms with Crippen LogP contribution in [0.5, 0.6) is 0 Å². The van der Waals surface area contributed by atoms with Crippen molar-refractivity contribution in [3.8, 4) is 11.3 Å². The molecule has 1 aliphatic heterocycles. The highest BCUT2D eigenvalue weighted by atomic mass is 19.4. The summed E-state index contributed by atoms with van der Waals surface area (Å²) in [6, 6.07) is 5.51. The Labute approximate surface area is 218 Å². The van der Waals surface area contributed by atoms with Gasteiger partial charge in [-0.25, -0.2) is 22.7 Å². The van der Waals surface area contributed by atoms with Crippen LogP contribution in [0.3, 0.4) is 0 Å². The fourth-order valence-electron chi connectivity index (χ4n) is 5.19. The number of nitrogens with two attached hydrogens (primary N) is 1. The smallest absolute Gasteiger partial charge is 0.382 e. The second kappa shape index (κ2) is 9.72. The second-order valence-corrected chi connectivity index (χ2v) is 9.90. The highest BCUT2D eigenvalue weighted by Crippen LogP contribution is 2.39. The molecule has 0 spiro atoms. The molecule has 0 bridgehead atoms. The average Bonchev–Trinajstić information content (AvgIpc) is 3.45. The zero-order valence-corrected chi connectivity index (χ0v) is 20.4. The van der Waals surface area contributed by atoms with Crippen molar-refractivity contribution in [2.75, 3.05) is 18.8 Å². The van der Waals surface area contributed by atoms with E-state index in [0.29, 0.717) is 0 Å². The number of amides is 2. The van der Waals surface area contributed by atoms with Gasteiger partial charge in [0.15, 0.2) is 5.82 Å². The highest BCUT2D eigenvalue weighted by molar-refractivity contribution is 5.96. The van der Waals surface area contributed by atoms with Gasteiger partial charge in [-0.05, 0) is 31.0 Å². The van der Waals surface area contributed by atoms with Crippen molar-refractivity contribution in [3.05, 3.63) is 47.8 Å². The maximum absolute atomic E-state index is 14.8. The van der Waals surface area contributed by atoms with Crippen LogP contribution in [0.25, 0.3) is 16.8 Å². The summed E-state index contributed by atoms with van der Waals surface area (Å²) in [4.78, 5) is 30.6. The SMILES string of the molecule is Nc1ncnn2c(-c3cccc(C(=O)N[C@@H]4CN(C(=O)C5CCC(F)(F)CC5)C[C@@H]4F)c3)cc(C(F)(F)F)c12. The first-order valence-electron chi connectivity index (χ1n) is 12.3. The third kappa shape index (κ3) is 5.23. The number of nitrogens with one attached hydrogen (secondary N) is 1. The van der Waals surface area contributed by atoms with Gasteiger partial charge in [0.2, 0.25) is 11.8 Å². The van der Waals surface area contributed by atoms with Crippen LogP contribution >= 0.6 is 0 Å². The van der Waals surface area contributed by atoms with Crippen molar-refractivity contribution < 1.29 is 35.9 Å². The fraction of sp³-hybridized carbons (Fsp3) is 0.440. The van der Waals surface area contributed by atoms with E-state index in [0.717, 1.165) is 16.9 Å². The van der Waals surface area contributed by atoms with E-state index >= 15 is 0 Å². The van der Waals surface area contributed by atoms with E-state index in [1.54, 1.807) is 0 Å². The number of aromatic nitrogens is 3. The van der Waals surface area contributed by atoms with Crippen molar-refractivity contribution in [2.24, 2.45) is 5.92 Å². The number of halogens is 6. The quantitative estimate of drug-likeness (QED) is 0.473. The molecule has 0 radical (unpaired) electrons. The lowest BCUT2D eigenvalue weighted by atomic mass is 9.86. The number of carbonyl (C=O) groups excluding carboxylic acids is 2. The summed E-state index contributed by atoms with van der Waals surface area (Å²) in [5.41, 5.74) is 4.51. The van der Waals surface area contributed by atoms with Crippen LogP contribution in [-0.4, -0.2) is 62.5 Å². The number of benzene rings is 1. The Bertz CT molecular complexity index is 1410. The number of fused-ring (bicyclic) bond motifs is 1. The number of hydrogen-bond acceptors (Lipinski definition) is 5. The number of hydrogen-bond donors (Lipinski definition) is 2. The molecule has 14 heteroatoms. The Kier molecular flexibility index (Phi) is 6.67. The summed E-state index contributed by atoms with van der Waals surface area (Å²) in [6.45, 7) is -0.388. The van der Waals surface area contributed by atoms with Crippen molar-refractivity contribution >= 4 is 23.1 Å². The first-order chi connectivity index (χ1) is 18.3. The third-order valence-corrected chi connectivity index (χ3v) is 7.25. The molecule has 1 saturated heterocycles. The van der Waals surface area contributed by atoms with Crippen LogP contribution in [0.1, 0.15) is 41.6 Å². The molecule has 2 atom stereocenters. The lowest BCUT2D eigenvalue weighted by molar-refractivity contribution is -0.139. The number of likely N-dealkylation sites (tertiary alicyclic amines) is 1. The lowest BCUT2D eigenvalue weighted by Crippen LogP contribution is -2.42. The van der Waals surface area contributed by atoms with E-state index in [4.69, 9.17) is 5.73 Å². The number of rotatable bonds is 4. The Morgan fingerprint density at radius 2 is 1.82 bits per heavy atom. The number of anilines is 1. The molecule has 2 aliphatic rings. The van der Waals surface area contributed by atoms with Crippen LogP contribution in [0.15, 0.2) is 36.7 Å². The summed E-state index contributed by atoms with van der Waals surface area (Å²) in [5.74, 6) is -4.87. The molecular weight excluding hydrogens is 530 g/mol. The number of carbonyl (C=O) groups is 2. The zero-order valence-electron chi connectivity index (χ0n) is 20.4. The first kappa shape index (κ1) is 26.8. The van der Waals surface area contributed by atoms with Crippen LogP contribution in [0.2, 0.25) is 0 Å². The van der Waals surface area contributed by atoms with E-state index in [-0.39, 0.29) is 48.6 Å². The minimum Gasteiger partial charge on any atom is -0.382 e. The summed E-state index contributed by atoms with van der Waals surface area (Å²) in [6.07, 6.45) is -6.06. The van der Waals surface area contributed by atoms with Gasteiger partial charge in [-0.3, -0.25) is 9.59 Å². The van der Waals surface area contributed by atoms with Gasteiger partial charge >= 0.3 is 6.18 Å². The maximum atomic E-state index is 14.8. The third-order valence-electron chi connectivity index (χ3n) is 7.25. The molecule has 2 fully saturated rings. The number of nitrogens with zero attached hydrogens (tertiary/aromatic N) is 4. The molecule has 1 aromatic carbocycles. The summed E-state index contributed by atoms with van der Waals surface area (Å²) in [7, 11) is 0. The Morgan fingerprint density at radius 1 is 1.10 bits per heavy atom. The van der Waals surface area contributed by atoms with E-state index < -0.39 is 66.0 Å². The summed E-state index contributed by atoms with van der Waals surface area (Å²) in [5, 5.41) is 6.43. The summed E-state index contributed by atoms with van der Waals surface area (Å²) < 4.78 is 83.6. The molecule has 5 rings (SSSR count). The molecule has 39 heavy (non-hydrogen) atoms. The van der Waals surface area contributed by atoms with E-state index in [1.807, 2.05) is 0 Å². The topological polar surface area (TPSA) is 106 Å². The van der Waals surface area contributed by atoms with Crippen molar-refractivity contribution in [3.63, 3.8) is 0 Å². The molecule has 3 heterocycles. The fourth-order valence-corrected chi connectivity index (χ4v) is 5.19. The molecule has 8 nitrogen and oxygen atoms in total. The molecule has 3 N–H and O–H groups in total. The Balaban J connectivity index is 1.32. The van der Waals surface area contributed by atoms with Gasteiger partial charge in [-0.1, -0.05) is 12.1 Å². The van der Waals surface area contributed by atoms with Gasteiger partial charge < -0.3 is 16.0 Å². The van der Waals surface area contributed by atoms with Crippen molar-refractivity contribution in [1.29, 1.82) is 0 Å². The van der Waals surface area contributed by atoms with Crippen molar-refractivity contribution in [1.82, 2.24) is 24.8 Å². The van der Waals surface area contributed by atoms with E-state index in [2.05, 4.69) is 15.4 Å². The number of nitrogen functional groups attached to an aromatic ring is 1. The number of alkyl halides is 6. The monoisotopic (exact) mass is 554 g/mol. The molecular formula is C25H24F6N6O2. The van der Waals surface area contributed by atoms with Gasteiger partial charge in [0.25, 0.3) is 5.91 Å². The van der Waals surface area contributed by atoms with E-state index in [9.17, 15) is 35.9 Å². The van der Waals surface area contributed by atoms with Crippen molar-refractivity contribution in [2.45, 2.75) is 50.0 Å². The first-order valence-corrected chi connectivity index (χ1v) is 12.3. The van der Waals surface area contributed by atoms with Gasteiger partial charge in [0, 0.05) is 36.4 Å². The standard InChI is InChI=1S/C25H24F6N6O2/c26-17-10-36(23(39)13-4-6-24(27,28)7-5-13)11-18(17)35-22(38)15-3-1-2-14(8-15)19-9-16(25(29,30)31)20-21(32)33-12-34-37(19)20/h1-3,8-9,12-13,17-18H,4-7,10-11H2,(H,35,38)(H2,32,33,34)/t17-,18+/m0/s1. The molecule has 2 aromatic heterocycles. The normalized spacial score (nSPS) is 21.8. The van der Waals surface area contributed by atoms with Gasteiger partial charge in [-0.2, -0.15) is 18.3 Å². The van der Waals surface area contributed by atoms with Gasteiger partial charge in [-0.15, -0.1) is 0 Å². The molecule has 1 saturated carbocycles. The van der Waals surface area contributed by atoms with Gasteiger partial charge in [0.1, 0.15) is 18.0 Å². The molecule has 1 aliphatic carbocycles. The summed E-state index contributed by atoms with van der Waals surface area (Å²) >= 11 is 0. The molecule has 208 valence electrons. The average molecular weight is 554 g/mol. The van der Waals surface area contributed by atoms with Crippen LogP contribution in [-0.2, 0) is 11.0 Å². The second-order valence-electron chi connectivity index (χ2n) is 9.90. The minimum atomic E-state index is -4.74. The van der Waals surface area contributed by atoms with Crippen LogP contribution in [0.4, 0.5) is 32.2 Å². The van der Waals surface area contributed by atoms with E-state index in [1.165, 1.54) is 29.2 Å². The maximum Gasteiger partial charge on any atom is 0.418 e. The highest BCUT2D eigenvalue weighted by Gasteiger charge is 2.42. The predicted molar refractivity (Wildman–Crippen MR) is 127 cm³/mol. The molecule has 3 aromatic rings. The molecule has 0 unspecified atom stereocenters.